The molecule has 0 fully saturated rings. The van der Waals surface area contributed by atoms with Crippen LogP contribution in [0.3, 0.4) is 0 Å². The van der Waals surface area contributed by atoms with Crippen LogP contribution in [0, 0.1) is 0 Å². The van der Waals surface area contributed by atoms with E-state index in [1.165, 1.54) is 0 Å². The molecule has 22 heavy (non-hydrogen) atoms. The lowest BCUT2D eigenvalue weighted by molar-refractivity contribution is 0.0964. The van der Waals surface area contributed by atoms with Gasteiger partial charge in [0.25, 0.3) is 5.91 Å². The molecule has 3 aromatic rings. The molecule has 0 aliphatic carbocycles. The van der Waals surface area contributed by atoms with Gasteiger partial charge in [0, 0.05) is 34.2 Å². The van der Waals surface area contributed by atoms with Crippen molar-refractivity contribution in [2.45, 2.75) is 0 Å². The molecule has 0 spiro atoms. The van der Waals surface area contributed by atoms with Gasteiger partial charge in [-0.3, -0.25) is 9.78 Å². The average Bonchev–Trinajstić information content (AvgIpc) is 2.53. The molecule has 3 nitrogen and oxygen atoms in total. The summed E-state index contributed by atoms with van der Waals surface area (Å²) >= 11 is 12.2. The summed E-state index contributed by atoms with van der Waals surface area (Å²) in [5.74, 6) is -0.135. The van der Waals surface area contributed by atoms with Gasteiger partial charge in [-0.15, -0.1) is 0 Å². The van der Waals surface area contributed by atoms with Gasteiger partial charge in [-0.05, 0) is 29.8 Å². The van der Waals surface area contributed by atoms with Crippen LogP contribution in [0.4, 0.5) is 0 Å². The standard InChI is InChI=1S/C17H12Cl2N2O/c1-20-17(22)14-6-7-21-16-8-10(2-4-13(14)16)12-5-3-11(18)9-15(12)19/h2-9H,1H3,(H,20,22). The van der Waals surface area contributed by atoms with Crippen LogP contribution in [0.5, 0.6) is 0 Å². The first-order valence-corrected chi connectivity index (χ1v) is 7.42. The lowest BCUT2D eigenvalue weighted by Gasteiger charge is -2.08. The Balaban J connectivity index is 2.17. The quantitative estimate of drug-likeness (QED) is 0.747. The Hall–Kier alpha value is -2.10. The Bertz CT molecular complexity index is 878. The zero-order valence-electron chi connectivity index (χ0n) is 11.7. The average molecular weight is 331 g/mol. The second-order valence-electron chi connectivity index (χ2n) is 4.79. The minimum Gasteiger partial charge on any atom is -0.355 e. The molecule has 5 heteroatoms. The van der Waals surface area contributed by atoms with Gasteiger partial charge in [-0.2, -0.15) is 0 Å². The fourth-order valence-electron chi connectivity index (χ4n) is 2.37. The summed E-state index contributed by atoms with van der Waals surface area (Å²) < 4.78 is 0. The molecule has 0 saturated heterocycles. The molecule has 0 unspecified atom stereocenters. The molecule has 110 valence electrons. The molecule has 1 amide bonds. The fraction of sp³-hybridized carbons (Fsp3) is 0.0588. The first-order chi connectivity index (χ1) is 10.6. The van der Waals surface area contributed by atoms with Crippen molar-refractivity contribution in [2.24, 2.45) is 0 Å². The predicted octanol–water partition coefficient (Wildman–Crippen LogP) is 4.57. The molecule has 1 N–H and O–H groups in total. The van der Waals surface area contributed by atoms with Gasteiger partial charge in [-0.25, -0.2) is 0 Å². The number of halogens is 2. The van der Waals surface area contributed by atoms with Crippen LogP contribution in [-0.4, -0.2) is 17.9 Å². The zero-order chi connectivity index (χ0) is 15.7. The topological polar surface area (TPSA) is 42.0 Å². The third kappa shape index (κ3) is 2.65. The van der Waals surface area contributed by atoms with Gasteiger partial charge in [0.15, 0.2) is 0 Å². The lowest BCUT2D eigenvalue weighted by atomic mass is 10.0. The number of amides is 1. The molecule has 0 bridgehead atoms. The molecular weight excluding hydrogens is 319 g/mol. The number of hydrogen-bond donors (Lipinski definition) is 1. The predicted molar refractivity (Wildman–Crippen MR) is 90.6 cm³/mol. The van der Waals surface area contributed by atoms with Gasteiger partial charge < -0.3 is 5.32 Å². The second-order valence-corrected chi connectivity index (χ2v) is 5.64. The number of aromatic nitrogens is 1. The summed E-state index contributed by atoms with van der Waals surface area (Å²) in [4.78, 5) is 16.2. The Morgan fingerprint density at radius 2 is 1.91 bits per heavy atom. The van der Waals surface area contributed by atoms with Crippen LogP contribution in [0.15, 0.2) is 48.7 Å². The van der Waals surface area contributed by atoms with Crippen molar-refractivity contribution in [3.8, 4) is 11.1 Å². The number of nitrogens with one attached hydrogen (secondary N) is 1. The Morgan fingerprint density at radius 3 is 2.64 bits per heavy atom. The third-order valence-corrected chi connectivity index (χ3v) is 4.00. The van der Waals surface area contributed by atoms with E-state index in [0.29, 0.717) is 15.6 Å². The van der Waals surface area contributed by atoms with Crippen LogP contribution in [0.2, 0.25) is 10.0 Å². The number of rotatable bonds is 2. The van der Waals surface area contributed by atoms with Crippen molar-refractivity contribution < 1.29 is 4.79 Å². The van der Waals surface area contributed by atoms with E-state index in [1.54, 1.807) is 31.4 Å². The number of carbonyl (C=O) groups excluding carboxylic acids is 1. The summed E-state index contributed by atoms with van der Waals surface area (Å²) in [6.45, 7) is 0. The number of fused-ring (bicyclic) bond motifs is 1. The SMILES string of the molecule is CNC(=O)c1ccnc2cc(-c3ccc(Cl)cc3Cl)ccc12. The van der Waals surface area contributed by atoms with E-state index >= 15 is 0 Å². The monoisotopic (exact) mass is 330 g/mol. The number of nitrogens with zero attached hydrogens (tertiary/aromatic N) is 1. The highest BCUT2D eigenvalue weighted by Crippen LogP contribution is 2.32. The maximum absolute atomic E-state index is 11.9. The molecule has 0 atom stereocenters. The zero-order valence-corrected chi connectivity index (χ0v) is 13.2. The van der Waals surface area contributed by atoms with Crippen LogP contribution in [0.1, 0.15) is 10.4 Å². The Labute approximate surface area is 137 Å². The normalized spacial score (nSPS) is 10.7. The highest BCUT2D eigenvalue weighted by atomic mass is 35.5. The van der Waals surface area contributed by atoms with Gasteiger partial charge in [0.1, 0.15) is 0 Å². The van der Waals surface area contributed by atoms with Crippen LogP contribution >= 0.6 is 23.2 Å². The minimum atomic E-state index is -0.135. The summed E-state index contributed by atoms with van der Waals surface area (Å²) in [7, 11) is 1.61. The van der Waals surface area contributed by atoms with E-state index in [9.17, 15) is 4.79 Å². The number of carbonyl (C=O) groups is 1. The van der Waals surface area contributed by atoms with E-state index in [-0.39, 0.29) is 5.91 Å². The summed E-state index contributed by atoms with van der Waals surface area (Å²) in [6, 6.07) is 12.8. The van der Waals surface area contributed by atoms with Crippen molar-refractivity contribution >= 4 is 40.0 Å². The minimum absolute atomic E-state index is 0.135. The van der Waals surface area contributed by atoms with Crippen LogP contribution in [-0.2, 0) is 0 Å². The van der Waals surface area contributed by atoms with Crippen molar-refractivity contribution in [1.82, 2.24) is 10.3 Å². The first-order valence-electron chi connectivity index (χ1n) is 6.66. The van der Waals surface area contributed by atoms with Gasteiger partial charge in [0.2, 0.25) is 0 Å². The first kappa shape index (κ1) is 14.8. The van der Waals surface area contributed by atoms with Gasteiger partial charge in [-0.1, -0.05) is 41.4 Å². The second kappa shape index (κ2) is 5.95. The molecule has 0 aliphatic rings. The Kier molecular flexibility index (Phi) is 4.01. The highest BCUT2D eigenvalue weighted by molar-refractivity contribution is 6.36. The molecular formula is C17H12Cl2N2O. The lowest BCUT2D eigenvalue weighted by Crippen LogP contribution is -2.18. The molecule has 2 aromatic carbocycles. The molecule has 0 aliphatic heterocycles. The van der Waals surface area contributed by atoms with Gasteiger partial charge in [0.05, 0.1) is 11.1 Å². The van der Waals surface area contributed by atoms with Crippen LogP contribution in [0.25, 0.3) is 22.0 Å². The van der Waals surface area contributed by atoms with E-state index in [0.717, 1.165) is 22.0 Å². The third-order valence-electron chi connectivity index (χ3n) is 3.46. The number of hydrogen-bond acceptors (Lipinski definition) is 2. The molecule has 3 rings (SSSR count). The maximum atomic E-state index is 11.9. The van der Waals surface area contributed by atoms with Crippen molar-refractivity contribution in [2.75, 3.05) is 7.05 Å². The smallest absolute Gasteiger partial charge is 0.251 e. The Morgan fingerprint density at radius 1 is 1.09 bits per heavy atom. The molecule has 0 saturated carbocycles. The number of benzene rings is 2. The van der Waals surface area contributed by atoms with Crippen molar-refractivity contribution in [3.63, 3.8) is 0 Å². The van der Waals surface area contributed by atoms with Crippen molar-refractivity contribution in [1.29, 1.82) is 0 Å². The number of pyridine rings is 1. The molecule has 0 radical (unpaired) electrons. The van der Waals surface area contributed by atoms with E-state index < -0.39 is 0 Å². The maximum Gasteiger partial charge on any atom is 0.251 e. The van der Waals surface area contributed by atoms with E-state index in [4.69, 9.17) is 23.2 Å². The van der Waals surface area contributed by atoms with Crippen LogP contribution < -0.4 is 5.32 Å². The van der Waals surface area contributed by atoms with E-state index in [1.807, 2.05) is 24.3 Å². The summed E-state index contributed by atoms with van der Waals surface area (Å²) in [6.07, 6.45) is 1.63. The largest absolute Gasteiger partial charge is 0.355 e. The molecule has 1 heterocycles. The van der Waals surface area contributed by atoms with Gasteiger partial charge >= 0.3 is 0 Å². The summed E-state index contributed by atoms with van der Waals surface area (Å²) in [5, 5.41) is 4.60. The van der Waals surface area contributed by atoms with E-state index in [2.05, 4.69) is 10.3 Å². The molecule has 1 aromatic heterocycles. The summed E-state index contributed by atoms with van der Waals surface area (Å²) in [5.41, 5.74) is 3.14. The fourth-order valence-corrected chi connectivity index (χ4v) is 2.89. The highest BCUT2D eigenvalue weighted by Gasteiger charge is 2.11. The van der Waals surface area contributed by atoms with Crippen molar-refractivity contribution in [3.05, 3.63) is 64.3 Å².